The summed E-state index contributed by atoms with van der Waals surface area (Å²) in [5.74, 6) is 0.931. The zero-order chi connectivity index (χ0) is 7.40. The first kappa shape index (κ1) is 7.64. The third-order valence-corrected chi connectivity index (χ3v) is 2.36. The van der Waals surface area contributed by atoms with Gasteiger partial charge >= 0.3 is 0 Å². The predicted molar refractivity (Wildman–Crippen MR) is 44.8 cm³/mol. The number of allylic oxidation sites excluding steroid dienone is 1. The highest BCUT2D eigenvalue weighted by Crippen LogP contribution is 2.28. The Morgan fingerprint density at radius 1 is 1.50 bits per heavy atom. The lowest BCUT2D eigenvalue weighted by atomic mass is 10.0. The van der Waals surface area contributed by atoms with E-state index in [4.69, 9.17) is 0 Å². The zero-order valence-electron chi connectivity index (χ0n) is 6.82. The van der Waals surface area contributed by atoms with Gasteiger partial charge < -0.3 is 5.32 Å². The summed E-state index contributed by atoms with van der Waals surface area (Å²) in [5, 5.41) is 3.10. The minimum absolute atomic E-state index is 0.931. The molecule has 0 aromatic heterocycles. The van der Waals surface area contributed by atoms with E-state index in [0.29, 0.717) is 0 Å². The van der Waals surface area contributed by atoms with Gasteiger partial charge in [0.15, 0.2) is 0 Å². The second-order valence-corrected chi connectivity index (χ2v) is 3.21. The highest BCUT2D eigenvalue weighted by Gasteiger charge is 2.14. The third-order valence-electron chi connectivity index (χ3n) is 2.36. The van der Waals surface area contributed by atoms with Crippen LogP contribution in [0.1, 0.15) is 32.1 Å². The van der Waals surface area contributed by atoms with E-state index in [1.165, 1.54) is 37.8 Å². The Bertz CT molecular complexity index is 112. The summed E-state index contributed by atoms with van der Waals surface area (Å²) < 4.78 is 0. The molecule has 1 fully saturated rings. The van der Waals surface area contributed by atoms with Crippen LogP contribution in [0.4, 0.5) is 0 Å². The molecule has 10 heavy (non-hydrogen) atoms. The van der Waals surface area contributed by atoms with Gasteiger partial charge in [-0.3, -0.25) is 0 Å². The molecule has 0 amide bonds. The quantitative estimate of drug-likeness (QED) is 0.632. The van der Waals surface area contributed by atoms with Crippen molar-refractivity contribution in [3.05, 3.63) is 12.3 Å². The lowest BCUT2D eigenvalue weighted by Gasteiger charge is -2.09. The molecule has 1 heteroatoms. The molecule has 1 N–H and O–H groups in total. The molecule has 0 bridgehead atoms. The molecule has 1 nitrogen and oxygen atoms in total. The molecular formula is C9H17N. The van der Waals surface area contributed by atoms with Crippen molar-refractivity contribution in [1.29, 1.82) is 0 Å². The molecule has 0 aliphatic heterocycles. The molecule has 1 aliphatic rings. The van der Waals surface area contributed by atoms with Crippen LogP contribution in [0.25, 0.3) is 0 Å². The molecular weight excluding hydrogens is 122 g/mol. The molecule has 58 valence electrons. The average Bonchev–Trinajstić information content (AvgIpc) is 2.40. The number of hydrogen-bond donors (Lipinski definition) is 1. The maximum atomic E-state index is 3.93. The Morgan fingerprint density at radius 3 is 2.60 bits per heavy atom. The van der Waals surface area contributed by atoms with Crippen LogP contribution in [0.5, 0.6) is 0 Å². The van der Waals surface area contributed by atoms with Crippen LogP contribution >= 0.6 is 0 Å². The minimum Gasteiger partial charge on any atom is -0.392 e. The maximum Gasteiger partial charge on any atom is 0.00338 e. The van der Waals surface area contributed by atoms with Gasteiger partial charge in [-0.2, -0.15) is 0 Å². The molecule has 0 unspecified atom stereocenters. The summed E-state index contributed by atoms with van der Waals surface area (Å²) in [5.41, 5.74) is 1.20. The molecule has 0 aromatic rings. The van der Waals surface area contributed by atoms with Crippen molar-refractivity contribution in [2.75, 3.05) is 7.05 Å². The van der Waals surface area contributed by atoms with E-state index in [2.05, 4.69) is 11.9 Å². The topological polar surface area (TPSA) is 12.0 Å². The highest BCUT2D eigenvalue weighted by atomic mass is 14.8. The van der Waals surface area contributed by atoms with Crippen molar-refractivity contribution in [3.63, 3.8) is 0 Å². The Kier molecular flexibility index (Phi) is 2.79. The van der Waals surface area contributed by atoms with Gasteiger partial charge in [0.2, 0.25) is 0 Å². The third kappa shape index (κ3) is 2.05. The predicted octanol–water partition coefficient (Wildman–Crippen LogP) is 2.30. The molecule has 1 aliphatic carbocycles. The number of rotatable bonds is 3. The molecule has 0 spiro atoms. The van der Waals surface area contributed by atoms with Crippen molar-refractivity contribution in [3.8, 4) is 0 Å². The second-order valence-electron chi connectivity index (χ2n) is 3.21. The van der Waals surface area contributed by atoms with Gasteiger partial charge in [0.25, 0.3) is 0 Å². The van der Waals surface area contributed by atoms with Crippen LogP contribution in [-0.4, -0.2) is 7.05 Å². The molecule has 0 aromatic carbocycles. The summed E-state index contributed by atoms with van der Waals surface area (Å²) in [6.07, 6.45) is 6.89. The Morgan fingerprint density at radius 2 is 2.10 bits per heavy atom. The second kappa shape index (κ2) is 3.65. The zero-order valence-corrected chi connectivity index (χ0v) is 6.82. The molecule has 0 heterocycles. The van der Waals surface area contributed by atoms with E-state index in [9.17, 15) is 0 Å². The monoisotopic (exact) mass is 139 g/mol. The fourth-order valence-electron chi connectivity index (χ4n) is 1.67. The average molecular weight is 139 g/mol. The number of nitrogens with one attached hydrogen (secondary N) is 1. The summed E-state index contributed by atoms with van der Waals surface area (Å²) >= 11 is 0. The van der Waals surface area contributed by atoms with Gasteiger partial charge in [-0.05, 0) is 12.3 Å². The van der Waals surface area contributed by atoms with E-state index in [1.54, 1.807) is 0 Å². The van der Waals surface area contributed by atoms with Crippen molar-refractivity contribution >= 4 is 0 Å². The summed E-state index contributed by atoms with van der Waals surface area (Å²) in [7, 11) is 1.96. The first-order chi connectivity index (χ1) is 4.83. The van der Waals surface area contributed by atoms with Gasteiger partial charge in [0, 0.05) is 12.7 Å². The minimum atomic E-state index is 0.931. The van der Waals surface area contributed by atoms with Crippen LogP contribution in [0.3, 0.4) is 0 Å². The van der Waals surface area contributed by atoms with Crippen LogP contribution in [0.15, 0.2) is 12.3 Å². The van der Waals surface area contributed by atoms with Gasteiger partial charge in [-0.15, -0.1) is 0 Å². The van der Waals surface area contributed by atoms with Crippen molar-refractivity contribution in [2.24, 2.45) is 5.92 Å². The fraction of sp³-hybridized carbons (Fsp3) is 0.778. The van der Waals surface area contributed by atoms with Crippen LogP contribution in [0, 0.1) is 5.92 Å². The standard InChI is InChI=1S/C9H17N/c1-8(10-2)7-9-5-3-4-6-9/h9-10H,1,3-7H2,2H3. The van der Waals surface area contributed by atoms with E-state index in [0.717, 1.165) is 5.92 Å². The SMILES string of the molecule is C=C(CC1CCCC1)NC. The van der Waals surface area contributed by atoms with Gasteiger partial charge in [-0.1, -0.05) is 32.3 Å². The summed E-state index contributed by atoms with van der Waals surface area (Å²) in [4.78, 5) is 0. The summed E-state index contributed by atoms with van der Waals surface area (Å²) in [6, 6.07) is 0. The van der Waals surface area contributed by atoms with E-state index < -0.39 is 0 Å². The lowest BCUT2D eigenvalue weighted by molar-refractivity contribution is 0.531. The first-order valence-corrected chi connectivity index (χ1v) is 4.18. The lowest BCUT2D eigenvalue weighted by Crippen LogP contribution is -2.07. The van der Waals surface area contributed by atoms with Gasteiger partial charge in [0.1, 0.15) is 0 Å². The molecule has 1 saturated carbocycles. The van der Waals surface area contributed by atoms with E-state index >= 15 is 0 Å². The Balaban J connectivity index is 2.17. The largest absolute Gasteiger partial charge is 0.392 e. The molecule has 1 rings (SSSR count). The first-order valence-electron chi connectivity index (χ1n) is 4.18. The maximum absolute atomic E-state index is 3.93. The molecule has 0 atom stereocenters. The van der Waals surface area contributed by atoms with Crippen molar-refractivity contribution in [1.82, 2.24) is 5.32 Å². The normalized spacial score (nSPS) is 19.3. The Labute approximate surface area is 63.5 Å². The fourth-order valence-corrected chi connectivity index (χ4v) is 1.67. The molecule has 0 saturated heterocycles. The van der Waals surface area contributed by atoms with Crippen LogP contribution in [-0.2, 0) is 0 Å². The van der Waals surface area contributed by atoms with Gasteiger partial charge in [0.05, 0.1) is 0 Å². The van der Waals surface area contributed by atoms with E-state index in [1.807, 2.05) is 7.05 Å². The van der Waals surface area contributed by atoms with Crippen molar-refractivity contribution in [2.45, 2.75) is 32.1 Å². The van der Waals surface area contributed by atoms with Crippen LogP contribution in [0.2, 0.25) is 0 Å². The Hall–Kier alpha value is -0.460. The highest BCUT2D eigenvalue weighted by molar-refractivity contribution is 4.92. The van der Waals surface area contributed by atoms with E-state index in [-0.39, 0.29) is 0 Å². The van der Waals surface area contributed by atoms with Crippen molar-refractivity contribution < 1.29 is 0 Å². The smallest absolute Gasteiger partial charge is 0.00338 e. The summed E-state index contributed by atoms with van der Waals surface area (Å²) in [6.45, 7) is 3.93. The number of hydrogen-bond acceptors (Lipinski definition) is 1. The van der Waals surface area contributed by atoms with Crippen LogP contribution < -0.4 is 5.32 Å². The molecule has 0 radical (unpaired) electrons. The van der Waals surface area contributed by atoms with Gasteiger partial charge in [-0.25, -0.2) is 0 Å².